The van der Waals surface area contributed by atoms with E-state index < -0.39 is 0 Å². The van der Waals surface area contributed by atoms with Gasteiger partial charge in [0.05, 0.1) is 11.5 Å². The van der Waals surface area contributed by atoms with Crippen LogP contribution in [-0.4, -0.2) is 10.2 Å². The zero-order valence-electron chi connectivity index (χ0n) is 10.5. The first kappa shape index (κ1) is 15.3. The summed E-state index contributed by atoms with van der Waals surface area (Å²) >= 11 is 0. The van der Waals surface area contributed by atoms with Crippen molar-refractivity contribution in [2.75, 3.05) is 0 Å². The lowest BCUT2D eigenvalue weighted by Crippen LogP contribution is -1.89. The molecule has 0 aromatic carbocycles. The van der Waals surface area contributed by atoms with E-state index in [4.69, 9.17) is 10.2 Å². The van der Waals surface area contributed by atoms with Crippen LogP contribution in [-0.2, 0) is 0 Å². The van der Waals surface area contributed by atoms with E-state index in [0.29, 0.717) is 11.5 Å². The predicted molar refractivity (Wildman–Crippen MR) is 74.0 cm³/mol. The van der Waals surface area contributed by atoms with Crippen LogP contribution in [0.4, 0.5) is 0 Å². The maximum Gasteiger partial charge on any atom is 0.0954 e. The Morgan fingerprint density at radius 2 is 1.71 bits per heavy atom. The van der Waals surface area contributed by atoms with E-state index in [2.05, 4.69) is 19.2 Å². The third-order valence-corrected chi connectivity index (χ3v) is 2.36. The number of aliphatic hydroxyl groups excluding tert-OH is 2. The fraction of sp³-hybridized carbons (Fsp3) is 0.333. The molecule has 0 radical (unpaired) electrons. The van der Waals surface area contributed by atoms with Gasteiger partial charge in [-0.25, -0.2) is 0 Å². The van der Waals surface area contributed by atoms with Crippen molar-refractivity contribution in [1.82, 2.24) is 0 Å². The number of hydrogen-bond acceptors (Lipinski definition) is 2. The highest BCUT2D eigenvalue weighted by molar-refractivity contribution is 5.22. The van der Waals surface area contributed by atoms with E-state index in [9.17, 15) is 0 Å². The van der Waals surface area contributed by atoms with Crippen LogP contribution in [0.15, 0.2) is 60.6 Å². The van der Waals surface area contributed by atoms with Gasteiger partial charge in [0, 0.05) is 12.8 Å². The average molecular weight is 234 g/mol. The Labute approximate surface area is 104 Å². The molecule has 0 aliphatic heterocycles. The predicted octanol–water partition coefficient (Wildman–Crippen LogP) is 4.75. The van der Waals surface area contributed by atoms with Gasteiger partial charge in [0.2, 0.25) is 0 Å². The minimum absolute atomic E-state index is 0.502. The van der Waals surface area contributed by atoms with E-state index in [1.807, 2.05) is 25.2 Å². The summed E-state index contributed by atoms with van der Waals surface area (Å²) in [6, 6.07) is 0. The maximum atomic E-state index is 9.01. The van der Waals surface area contributed by atoms with Gasteiger partial charge >= 0.3 is 0 Å². The average Bonchev–Trinajstić information content (AvgIpc) is 2.37. The maximum absolute atomic E-state index is 9.01. The molecule has 0 saturated carbocycles. The SMILES string of the molecule is C=C.CC1=C(O)CCC=C1.OC1=CC=CCC1. The van der Waals surface area contributed by atoms with Gasteiger partial charge in [-0.1, -0.05) is 24.3 Å². The van der Waals surface area contributed by atoms with Gasteiger partial charge in [0.25, 0.3) is 0 Å². The molecule has 2 aliphatic rings. The first-order valence-electron chi connectivity index (χ1n) is 5.80. The molecule has 2 rings (SSSR count). The highest BCUT2D eigenvalue weighted by Crippen LogP contribution is 2.14. The molecule has 0 aromatic rings. The summed E-state index contributed by atoms with van der Waals surface area (Å²) in [4.78, 5) is 0. The minimum atomic E-state index is 0.502. The second-order valence-electron chi connectivity index (χ2n) is 3.70. The molecule has 2 nitrogen and oxygen atoms in total. The molecule has 0 spiro atoms. The Bertz CT molecular complexity index is 333. The molecule has 0 fully saturated rings. The highest BCUT2D eigenvalue weighted by Gasteiger charge is 1.99. The normalized spacial score (nSPS) is 17.4. The quantitative estimate of drug-likeness (QED) is 0.594. The Balaban J connectivity index is 0.000000265. The number of allylic oxidation sites excluding steroid dienone is 8. The van der Waals surface area contributed by atoms with Crippen molar-refractivity contribution in [3.63, 3.8) is 0 Å². The van der Waals surface area contributed by atoms with Crippen molar-refractivity contribution < 1.29 is 10.2 Å². The summed E-state index contributed by atoms with van der Waals surface area (Å²) in [5.74, 6) is 1.05. The molecule has 2 heteroatoms. The third kappa shape index (κ3) is 7.23. The summed E-state index contributed by atoms with van der Waals surface area (Å²) in [5, 5.41) is 17.7. The minimum Gasteiger partial charge on any atom is -0.512 e. The number of aliphatic hydroxyl groups is 2. The van der Waals surface area contributed by atoms with Crippen LogP contribution in [0, 0.1) is 0 Å². The standard InChI is InChI=1S/C7H10O.C6H8O.C2H4/c1-6-4-2-3-5-7(6)8;7-6-4-2-1-3-5-6;1-2/h2,4,8H,3,5H2,1H3;1-2,4,7H,3,5H2;1-2H2. The molecular weight excluding hydrogens is 212 g/mol. The molecule has 0 bridgehead atoms. The first-order valence-corrected chi connectivity index (χ1v) is 5.80. The molecule has 0 aromatic heterocycles. The van der Waals surface area contributed by atoms with Gasteiger partial charge in [0.15, 0.2) is 0 Å². The van der Waals surface area contributed by atoms with Crippen LogP contribution in [0.2, 0.25) is 0 Å². The van der Waals surface area contributed by atoms with Crippen molar-refractivity contribution in [3.8, 4) is 0 Å². The Kier molecular flexibility index (Phi) is 8.57. The van der Waals surface area contributed by atoms with E-state index in [-0.39, 0.29) is 0 Å². The zero-order valence-corrected chi connectivity index (χ0v) is 10.5. The van der Waals surface area contributed by atoms with Crippen LogP contribution >= 0.6 is 0 Å². The molecule has 0 atom stereocenters. The van der Waals surface area contributed by atoms with Gasteiger partial charge in [-0.2, -0.15) is 0 Å². The number of hydrogen-bond donors (Lipinski definition) is 2. The van der Waals surface area contributed by atoms with Crippen molar-refractivity contribution in [2.24, 2.45) is 0 Å². The summed E-state index contributed by atoms with van der Waals surface area (Å²) in [7, 11) is 0. The third-order valence-electron chi connectivity index (χ3n) is 2.36. The van der Waals surface area contributed by atoms with E-state index in [1.54, 1.807) is 6.08 Å². The Morgan fingerprint density at radius 1 is 1.06 bits per heavy atom. The van der Waals surface area contributed by atoms with Crippen LogP contribution in [0.3, 0.4) is 0 Å². The van der Waals surface area contributed by atoms with E-state index in [1.165, 1.54) is 0 Å². The van der Waals surface area contributed by atoms with Gasteiger partial charge in [0.1, 0.15) is 0 Å². The smallest absolute Gasteiger partial charge is 0.0954 e. The van der Waals surface area contributed by atoms with Crippen LogP contribution in [0.5, 0.6) is 0 Å². The monoisotopic (exact) mass is 234 g/mol. The van der Waals surface area contributed by atoms with E-state index in [0.717, 1.165) is 31.3 Å². The lowest BCUT2D eigenvalue weighted by molar-refractivity contribution is 0.382. The van der Waals surface area contributed by atoms with Gasteiger partial charge in [-0.05, 0) is 31.4 Å². The van der Waals surface area contributed by atoms with Crippen molar-refractivity contribution in [3.05, 3.63) is 60.6 Å². The van der Waals surface area contributed by atoms with Crippen molar-refractivity contribution in [1.29, 1.82) is 0 Å². The topological polar surface area (TPSA) is 40.5 Å². The largest absolute Gasteiger partial charge is 0.512 e. The van der Waals surface area contributed by atoms with E-state index >= 15 is 0 Å². The van der Waals surface area contributed by atoms with Crippen molar-refractivity contribution in [2.45, 2.75) is 32.6 Å². The molecule has 0 unspecified atom stereocenters. The fourth-order valence-corrected chi connectivity index (χ4v) is 1.36. The van der Waals surface area contributed by atoms with Crippen LogP contribution in [0.1, 0.15) is 32.6 Å². The molecule has 17 heavy (non-hydrogen) atoms. The molecule has 0 amide bonds. The molecular formula is C15H22O2. The Morgan fingerprint density at radius 3 is 2.00 bits per heavy atom. The summed E-state index contributed by atoms with van der Waals surface area (Å²) in [5.41, 5.74) is 1.01. The molecule has 94 valence electrons. The highest BCUT2D eigenvalue weighted by atomic mass is 16.3. The molecule has 0 heterocycles. The second kappa shape index (κ2) is 9.52. The summed E-state index contributed by atoms with van der Waals surface area (Å²) < 4.78 is 0. The van der Waals surface area contributed by atoms with Gasteiger partial charge < -0.3 is 10.2 Å². The first-order chi connectivity index (χ1) is 8.20. The number of rotatable bonds is 0. The summed E-state index contributed by atoms with van der Waals surface area (Å²) in [6.45, 7) is 7.92. The van der Waals surface area contributed by atoms with Gasteiger partial charge in [-0.3, -0.25) is 0 Å². The molecule has 2 aliphatic carbocycles. The Hall–Kier alpha value is -1.70. The lowest BCUT2D eigenvalue weighted by Gasteiger charge is -2.04. The lowest BCUT2D eigenvalue weighted by atomic mass is 10.1. The molecule has 2 N–H and O–H groups in total. The molecule has 0 saturated heterocycles. The fourth-order valence-electron chi connectivity index (χ4n) is 1.36. The van der Waals surface area contributed by atoms with Crippen molar-refractivity contribution >= 4 is 0 Å². The van der Waals surface area contributed by atoms with Gasteiger partial charge in [-0.15, -0.1) is 13.2 Å². The second-order valence-corrected chi connectivity index (χ2v) is 3.70. The van der Waals surface area contributed by atoms with Crippen LogP contribution in [0.25, 0.3) is 0 Å². The zero-order chi connectivity index (χ0) is 13.1. The van der Waals surface area contributed by atoms with Crippen LogP contribution < -0.4 is 0 Å². The summed E-state index contributed by atoms with van der Waals surface area (Å²) in [6.07, 6.45) is 13.3.